The van der Waals surface area contributed by atoms with Crippen LogP contribution in [0.5, 0.6) is 0 Å². The summed E-state index contributed by atoms with van der Waals surface area (Å²) in [6.45, 7) is 6.24. The van der Waals surface area contributed by atoms with Crippen molar-refractivity contribution in [3.63, 3.8) is 0 Å². The second kappa shape index (κ2) is 6.72. The molecule has 0 radical (unpaired) electrons. The van der Waals surface area contributed by atoms with Gasteiger partial charge in [-0.1, -0.05) is 13.8 Å². The molecular formula is C14H24N2O4. The monoisotopic (exact) mass is 284 g/mol. The molecule has 6 nitrogen and oxygen atoms in total. The van der Waals surface area contributed by atoms with Crippen molar-refractivity contribution in [3.8, 4) is 0 Å². The number of hydrogen-bond donors (Lipinski definition) is 2. The Balaban J connectivity index is 2.54. The molecule has 20 heavy (non-hydrogen) atoms. The number of carboxylic acid groups (broad SMARTS) is 1. The van der Waals surface area contributed by atoms with Crippen molar-refractivity contribution >= 4 is 17.8 Å². The molecule has 1 aliphatic rings. The van der Waals surface area contributed by atoms with Gasteiger partial charge in [-0.2, -0.15) is 0 Å². The molecule has 1 aliphatic heterocycles. The second-order valence-corrected chi connectivity index (χ2v) is 6.29. The van der Waals surface area contributed by atoms with Gasteiger partial charge in [0.15, 0.2) is 0 Å². The lowest BCUT2D eigenvalue weighted by Gasteiger charge is -2.35. The summed E-state index contributed by atoms with van der Waals surface area (Å²) in [5.41, 5.74) is -0.552. The van der Waals surface area contributed by atoms with Gasteiger partial charge >= 0.3 is 5.97 Å². The van der Waals surface area contributed by atoms with E-state index in [1.807, 2.05) is 0 Å². The number of likely N-dealkylation sites (tertiary alicyclic amines) is 1. The molecule has 6 heteroatoms. The topological polar surface area (TPSA) is 86.7 Å². The first-order chi connectivity index (χ1) is 9.19. The van der Waals surface area contributed by atoms with Crippen LogP contribution in [0.15, 0.2) is 0 Å². The Hall–Kier alpha value is -1.59. The number of hydrogen-bond acceptors (Lipinski definition) is 3. The fourth-order valence-electron chi connectivity index (χ4n) is 2.60. The Labute approximate surface area is 119 Å². The average Bonchev–Trinajstić information content (AvgIpc) is 2.25. The number of amides is 2. The molecular weight excluding hydrogens is 260 g/mol. The van der Waals surface area contributed by atoms with Crippen molar-refractivity contribution in [1.82, 2.24) is 10.2 Å². The van der Waals surface area contributed by atoms with E-state index >= 15 is 0 Å². The zero-order valence-electron chi connectivity index (χ0n) is 12.4. The highest BCUT2D eigenvalue weighted by Gasteiger charge is 2.30. The summed E-state index contributed by atoms with van der Waals surface area (Å²) >= 11 is 0. The van der Waals surface area contributed by atoms with Gasteiger partial charge in [-0.3, -0.25) is 14.4 Å². The number of carbonyl (C=O) groups excluding carboxylic acids is 2. The number of piperidine rings is 1. The van der Waals surface area contributed by atoms with Gasteiger partial charge in [-0.05, 0) is 18.3 Å². The summed E-state index contributed by atoms with van der Waals surface area (Å²) in [7, 11) is 0. The molecule has 0 saturated carbocycles. The van der Waals surface area contributed by atoms with Crippen molar-refractivity contribution in [2.75, 3.05) is 13.1 Å². The average molecular weight is 284 g/mol. The summed E-state index contributed by atoms with van der Waals surface area (Å²) < 4.78 is 0. The highest BCUT2D eigenvalue weighted by atomic mass is 16.4. The molecule has 114 valence electrons. The zero-order valence-corrected chi connectivity index (χ0v) is 12.4. The molecule has 2 amide bonds. The first kappa shape index (κ1) is 16.5. The van der Waals surface area contributed by atoms with Crippen molar-refractivity contribution in [2.45, 2.75) is 52.5 Å². The van der Waals surface area contributed by atoms with Gasteiger partial charge < -0.3 is 15.3 Å². The van der Waals surface area contributed by atoms with Crippen molar-refractivity contribution in [3.05, 3.63) is 0 Å². The number of carboxylic acids is 1. The minimum absolute atomic E-state index is 0.00721. The van der Waals surface area contributed by atoms with Crippen LogP contribution in [-0.2, 0) is 14.4 Å². The SMILES string of the molecule is CC(=O)N[C@@H]1CCCN(C(=O)CC(C)(C)CC(=O)O)C1. The minimum Gasteiger partial charge on any atom is -0.481 e. The third-order valence-electron chi connectivity index (χ3n) is 3.44. The van der Waals surface area contributed by atoms with E-state index in [1.165, 1.54) is 6.92 Å². The van der Waals surface area contributed by atoms with E-state index in [2.05, 4.69) is 5.32 Å². The van der Waals surface area contributed by atoms with Crippen LogP contribution in [0.4, 0.5) is 0 Å². The molecule has 0 bridgehead atoms. The Morgan fingerprint density at radius 2 is 1.95 bits per heavy atom. The first-order valence-corrected chi connectivity index (χ1v) is 6.96. The van der Waals surface area contributed by atoms with Gasteiger partial charge in [0, 0.05) is 32.5 Å². The van der Waals surface area contributed by atoms with Crippen LogP contribution in [0.3, 0.4) is 0 Å². The van der Waals surface area contributed by atoms with Gasteiger partial charge in [0.2, 0.25) is 11.8 Å². The lowest BCUT2D eigenvalue weighted by molar-refractivity contribution is -0.141. The largest absolute Gasteiger partial charge is 0.481 e. The van der Waals surface area contributed by atoms with E-state index in [4.69, 9.17) is 5.11 Å². The highest BCUT2D eigenvalue weighted by molar-refractivity contribution is 5.78. The van der Waals surface area contributed by atoms with Crippen molar-refractivity contribution in [1.29, 1.82) is 0 Å². The lowest BCUT2D eigenvalue weighted by Crippen LogP contribution is -2.49. The second-order valence-electron chi connectivity index (χ2n) is 6.29. The fraction of sp³-hybridized carbons (Fsp3) is 0.786. The third kappa shape index (κ3) is 5.59. The number of nitrogens with zero attached hydrogens (tertiary/aromatic N) is 1. The number of nitrogens with one attached hydrogen (secondary N) is 1. The molecule has 1 rings (SSSR count). The van der Waals surface area contributed by atoms with E-state index in [0.29, 0.717) is 13.1 Å². The van der Waals surface area contributed by atoms with Crippen molar-refractivity contribution in [2.24, 2.45) is 5.41 Å². The quantitative estimate of drug-likeness (QED) is 0.788. The highest BCUT2D eigenvalue weighted by Crippen LogP contribution is 2.26. The Morgan fingerprint density at radius 3 is 2.50 bits per heavy atom. The van der Waals surface area contributed by atoms with Gasteiger partial charge in [0.1, 0.15) is 0 Å². The Kier molecular flexibility index (Phi) is 5.53. The smallest absolute Gasteiger partial charge is 0.303 e. The molecule has 0 aromatic carbocycles. The molecule has 0 spiro atoms. The molecule has 2 N–H and O–H groups in total. The molecule has 1 saturated heterocycles. The molecule has 1 fully saturated rings. The van der Waals surface area contributed by atoms with Crippen LogP contribution in [-0.4, -0.2) is 46.9 Å². The Bertz CT molecular complexity index is 393. The molecule has 0 aliphatic carbocycles. The van der Waals surface area contributed by atoms with Crippen LogP contribution < -0.4 is 5.32 Å². The van der Waals surface area contributed by atoms with Gasteiger partial charge in [0.05, 0.1) is 6.42 Å². The predicted molar refractivity (Wildman–Crippen MR) is 74.1 cm³/mol. The predicted octanol–water partition coefficient (Wildman–Crippen LogP) is 1.00. The van der Waals surface area contributed by atoms with E-state index in [-0.39, 0.29) is 30.7 Å². The molecule has 1 atom stereocenters. The zero-order chi connectivity index (χ0) is 15.3. The lowest BCUT2D eigenvalue weighted by atomic mass is 9.85. The fourth-order valence-corrected chi connectivity index (χ4v) is 2.60. The van der Waals surface area contributed by atoms with Crippen LogP contribution >= 0.6 is 0 Å². The standard InChI is InChI=1S/C14H24N2O4/c1-10(17)15-11-5-4-6-16(9-11)12(18)7-14(2,3)8-13(19)20/h11H,4-9H2,1-3H3,(H,15,17)(H,19,20)/t11-/m1/s1. The summed E-state index contributed by atoms with van der Waals surface area (Å²) in [5.74, 6) is -1.01. The maximum atomic E-state index is 12.2. The maximum Gasteiger partial charge on any atom is 0.303 e. The first-order valence-electron chi connectivity index (χ1n) is 6.96. The number of rotatable bonds is 5. The van der Waals surface area contributed by atoms with Crippen LogP contribution in [0.25, 0.3) is 0 Å². The molecule has 0 aromatic rings. The minimum atomic E-state index is -0.891. The van der Waals surface area contributed by atoms with Gasteiger partial charge in [0.25, 0.3) is 0 Å². The maximum absolute atomic E-state index is 12.2. The van der Waals surface area contributed by atoms with E-state index in [9.17, 15) is 14.4 Å². The summed E-state index contributed by atoms with van der Waals surface area (Å²) in [6, 6.07) is 0.00721. The van der Waals surface area contributed by atoms with Crippen LogP contribution in [0.2, 0.25) is 0 Å². The summed E-state index contributed by atoms with van der Waals surface area (Å²) in [5, 5.41) is 11.7. The van der Waals surface area contributed by atoms with Gasteiger partial charge in [-0.25, -0.2) is 0 Å². The van der Waals surface area contributed by atoms with Gasteiger partial charge in [-0.15, -0.1) is 0 Å². The third-order valence-corrected chi connectivity index (χ3v) is 3.44. The van der Waals surface area contributed by atoms with Crippen LogP contribution in [0, 0.1) is 5.41 Å². The number of carbonyl (C=O) groups is 3. The molecule has 0 aromatic heterocycles. The number of aliphatic carboxylic acids is 1. The van der Waals surface area contributed by atoms with E-state index in [0.717, 1.165) is 12.8 Å². The summed E-state index contributed by atoms with van der Waals surface area (Å²) in [4.78, 5) is 35.8. The van der Waals surface area contributed by atoms with E-state index < -0.39 is 11.4 Å². The van der Waals surface area contributed by atoms with Crippen LogP contribution in [0.1, 0.15) is 46.5 Å². The Morgan fingerprint density at radius 1 is 1.30 bits per heavy atom. The molecule has 1 heterocycles. The van der Waals surface area contributed by atoms with Crippen molar-refractivity contribution < 1.29 is 19.5 Å². The molecule has 0 unspecified atom stereocenters. The normalized spacial score (nSPS) is 19.6. The van der Waals surface area contributed by atoms with E-state index in [1.54, 1.807) is 18.7 Å². The summed E-state index contributed by atoms with van der Waals surface area (Å²) in [6.07, 6.45) is 1.92.